The molecule has 2 aliphatic rings. The largest absolute Gasteiger partial charge is 0.497 e. The maximum atomic E-state index is 13.2. The van der Waals surface area contributed by atoms with E-state index in [-0.39, 0.29) is 11.9 Å². The van der Waals surface area contributed by atoms with Gasteiger partial charge in [-0.3, -0.25) is 9.89 Å². The maximum Gasteiger partial charge on any atom is 0.258 e. The van der Waals surface area contributed by atoms with Gasteiger partial charge >= 0.3 is 0 Å². The molecule has 1 unspecified atom stereocenters. The van der Waals surface area contributed by atoms with E-state index in [0.717, 1.165) is 36.2 Å². The number of fused-ring (bicyclic) bond motifs is 1. The summed E-state index contributed by atoms with van der Waals surface area (Å²) in [7, 11) is 3.16. The lowest BCUT2D eigenvalue weighted by molar-refractivity contribution is 0.0723. The van der Waals surface area contributed by atoms with E-state index in [1.165, 1.54) is 0 Å². The summed E-state index contributed by atoms with van der Waals surface area (Å²) >= 11 is 0. The van der Waals surface area contributed by atoms with Crippen LogP contribution in [0.4, 0.5) is 0 Å². The van der Waals surface area contributed by atoms with Gasteiger partial charge in [0.25, 0.3) is 5.91 Å². The Labute approximate surface area is 152 Å². The number of hydrogen-bond donors (Lipinski definition) is 1. The third-order valence-electron chi connectivity index (χ3n) is 5.20. The molecule has 1 atom stereocenters. The lowest BCUT2D eigenvalue weighted by atomic mass is 10.0. The van der Waals surface area contributed by atoms with Gasteiger partial charge in [0.1, 0.15) is 11.5 Å². The van der Waals surface area contributed by atoms with Crippen molar-refractivity contribution in [2.24, 2.45) is 0 Å². The van der Waals surface area contributed by atoms with Crippen molar-refractivity contribution in [1.82, 2.24) is 15.1 Å². The van der Waals surface area contributed by atoms with Gasteiger partial charge in [0.15, 0.2) is 0 Å². The first kappa shape index (κ1) is 16.9. The molecule has 0 radical (unpaired) electrons. The smallest absolute Gasteiger partial charge is 0.258 e. The van der Waals surface area contributed by atoms with Gasteiger partial charge in [0.05, 0.1) is 44.7 Å². The molecular weight excluding hydrogens is 334 g/mol. The second-order valence-corrected chi connectivity index (χ2v) is 6.59. The van der Waals surface area contributed by atoms with Crippen LogP contribution in [0.3, 0.4) is 0 Å². The molecule has 7 nitrogen and oxygen atoms in total. The molecule has 2 aliphatic heterocycles. The minimum absolute atomic E-state index is 0.0315. The van der Waals surface area contributed by atoms with E-state index in [2.05, 4.69) is 10.2 Å². The van der Waals surface area contributed by atoms with E-state index in [1.54, 1.807) is 32.4 Å². The molecule has 0 bridgehead atoms. The Morgan fingerprint density at radius 2 is 2.23 bits per heavy atom. The number of methoxy groups -OCH3 is 2. The summed E-state index contributed by atoms with van der Waals surface area (Å²) in [5, 5.41) is 7.66. The summed E-state index contributed by atoms with van der Waals surface area (Å²) in [5.41, 5.74) is 3.73. The first-order valence-corrected chi connectivity index (χ1v) is 8.89. The number of aromatic amines is 1. The Morgan fingerprint density at radius 1 is 1.35 bits per heavy atom. The van der Waals surface area contributed by atoms with Crippen LogP contribution in [0.15, 0.2) is 18.2 Å². The highest BCUT2D eigenvalue weighted by Crippen LogP contribution is 2.37. The van der Waals surface area contributed by atoms with Gasteiger partial charge < -0.3 is 19.1 Å². The number of benzene rings is 1. The Kier molecular flexibility index (Phi) is 4.55. The summed E-state index contributed by atoms with van der Waals surface area (Å²) in [6.45, 7) is 1.98. The van der Waals surface area contributed by atoms with Crippen LogP contribution < -0.4 is 9.47 Å². The number of aromatic nitrogens is 2. The van der Waals surface area contributed by atoms with E-state index < -0.39 is 0 Å². The second-order valence-electron chi connectivity index (χ2n) is 6.59. The SMILES string of the molecule is COc1ccc(C(=O)N2CCCC2c2n[nH]c3c2COCC3)c(OC)c1. The topological polar surface area (TPSA) is 76.7 Å². The number of nitrogens with zero attached hydrogens (tertiary/aromatic N) is 2. The lowest BCUT2D eigenvalue weighted by Gasteiger charge is -2.26. The van der Waals surface area contributed by atoms with Crippen molar-refractivity contribution < 1.29 is 19.0 Å². The summed E-state index contributed by atoms with van der Waals surface area (Å²) in [4.78, 5) is 15.1. The van der Waals surface area contributed by atoms with Crippen LogP contribution >= 0.6 is 0 Å². The van der Waals surface area contributed by atoms with Crippen LogP contribution in [0.25, 0.3) is 0 Å². The molecule has 1 aromatic carbocycles. The van der Waals surface area contributed by atoms with Gasteiger partial charge in [-0.05, 0) is 25.0 Å². The van der Waals surface area contributed by atoms with Crippen molar-refractivity contribution in [1.29, 1.82) is 0 Å². The third kappa shape index (κ3) is 2.82. The molecule has 1 saturated heterocycles. The van der Waals surface area contributed by atoms with Crippen molar-refractivity contribution in [2.75, 3.05) is 27.4 Å². The zero-order valence-electron chi connectivity index (χ0n) is 15.1. The molecule has 0 saturated carbocycles. The number of amides is 1. The van der Waals surface area contributed by atoms with Crippen molar-refractivity contribution in [3.63, 3.8) is 0 Å². The highest BCUT2D eigenvalue weighted by Gasteiger charge is 2.36. The Balaban J connectivity index is 1.65. The highest BCUT2D eigenvalue weighted by atomic mass is 16.5. The van der Waals surface area contributed by atoms with Gasteiger partial charge in [-0.2, -0.15) is 5.10 Å². The summed E-state index contributed by atoms with van der Waals surface area (Å²) in [6, 6.07) is 5.25. The molecule has 0 spiro atoms. The van der Waals surface area contributed by atoms with Crippen molar-refractivity contribution in [3.05, 3.63) is 40.7 Å². The van der Waals surface area contributed by atoms with Crippen molar-refractivity contribution >= 4 is 5.91 Å². The first-order chi connectivity index (χ1) is 12.7. The molecule has 3 heterocycles. The molecule has 26 heavy (non-hydrogen) atoms. The Morgan fingerprint density at radius 3 is 3.04 bits per heavy atom. The number of nitrogens with one attached hydrogen (secondary N) is 1. The number of likely N-dealkylation sites (tertiary alicyclic amines) is 1. The van der Waals surface area contributed by atoms with E-state index in [1.807, 2.05) is 4.90 Å². The molecule has 7 heteroatoms. The van der Waals surface area contributed by atoms with Crippen molar-refractivity contribution in [3.8, 4) is 11.5 Å². The van der Waals surface area contributed by atoms with E-state index >= 15 is 0 Å². The van der Waals surface area contributed by atoms with Crippen LogP contribution in [0.5, 0.6) is 11.5 Å². The number of ether oxygens (including phenoxy) is 3. The zero-order chi connectivity index (χ0) is 18.1. The molecule has 1 amide bonds. The summed E-state index contributed by atoms with van der Waals surface area (Å²) < 4.78 is 16.2. The predicted octanol–water partition coefficient (Wildman–Crippen LogP) is 2.48. The fourth-order valence-electron chi connectivity index (χ4n) is 3.83. The average molecular weight is 357 g/mol. The number of H-pyrrole nitrogens is 1. The number of rotatable bonds is 4. The fraction of sp³-hybridized carbons (Fsp3) is 0.474. The van der Waals surface area contributed by atoms with E-state index in [9.17, 15) is 4.79 Å². The standard InChI is InChI=1S/C19H23N3O4/c1-24-12-5-6-13(17(10-12)25-2)19(23)22-8-3-4-16(22)18-14-11-26-9-7-15(14)20-21-18/h5-6,10,16H,3-4,7-9,11H2,1-2H3,(H,20,21). The van der Waals surface area contributed by atoms with Gasteiger partial charge in [0, 0.05) is 30.3 Å². The minimum Gasteiger partial charge on any atom is -0.497 e. The summed E-state index contributed by atoms with van der Waals surface area (Å²) in [5.74, 6) is 1.14. The molecule has 1 aromatic heterocycles. The van der Waals surface area contributed by atoms with Crippen LogP contribution in [-0.4, -0.2) is 48.4 Å². The van der Waals surface area contributed by atoms with Crippen LogP contribution in [0, 0.1) is 0 Å². The molecule has 138 valence electrons. The maximum absolute atomic E-state index is 13.2. The Bertz CT molecular complexity index is 817. The van der Waals surface area contributed by atoms with Crippen molar-refractivity contribution in [2.45, 2.75) is 31.9 Å². The van der Waals surface area contributed by atoms with Gasteiger partial charge in [-0.1, -0.05) is 0 Å². The minimum atomic E-state index is -0.0412. The second kappa shape index (κ2) is 6.99. The van der Waals surface area contributed by atoms with Crippen LogP contribution in [0.1, 0.15) is 46.2 Å². The molecule has 1 N–H and O–H groups in total. The monoisotopic (exact) mass is 357 g/mol. The quantitative estimate of drug-likeness (QED) is 0.910. The Hall–Kier alpha value is -2.54. The fourth-order valence-corrected chi connectivity index (χ4v) is 3.83. The lowest BCUT2D eigenvalue weighted by Crippen LogP contribution is -2.31. The van der Waals surface area contributed by atoms with Gasteiger partial charge in [0.2, 0.25) is 0 Å². The zero-order valence-corrected chi connectivity index (χ0v) is 15.1. The van der Waals surface area contributed by atoms with Gasteiger partial charge in [-0.15, -0.1) is 0 Å². The number of carbonyl (C=O) groups is 1. The van der Waals surface area contributed by atoms with E-state index in [0.29, 0.717) is 36.8 Å². The normalized spacial score (nSPS) is 19.3. The highest BCUT2D eigenvalue weighted by molar-refractivity contribution is 5.97. The molecule has 0 aliphatic carbocycles. The predicted molar refractivity (Wildman–Crippen MR) is 94.5 cm³/mol. The van der Waals surface area contributed by atoms with Crippen LogP contribution in [-0.2, 0) is 17.8 Å². The number of hydrogen-bond acceptors (Lipinski definition) is 5. The third-order valence-corrected chi connectivity index (χ3v) is 5.20. The number of carbonyl (C=O) groups excluding carboxylic acids is 1. The summed E-state index contributed by atoms with van der Waals surface area (Å²) in [6.07, 6.45) is 2.70. The van der Waals surface area contributed by atoms with Crippen LogP contribution in [0.2, 0.25) is 0 Å². The first-order valence-electron chi connectivity index (χ1n) is 8.89. The average Bonchev–Trinajstić information content (AvgIpc) is 3.33. The van der Waals surface area contributed by atoms with E-state index in [4.69, 9.17) is 14.2 Å². The van der Waals surface area contributed by atoms with Gasteiger partial charge in [-0.25, -0.2) is 0 Å². The molecule has 4 rings (SSSR count). The molecule has 2 aromatic rings. The molecular formula is C19H23N3O4. The molecule has 1 fully saturated rings.